The molecule has 5 aromatic rings. The highest BCUT2D eigenvalue weighted by Crippen LogP contribution is 2.37. The lowest BCUT2D eigenvalue weighted by atomic mass is 9.99. The van der Waals surface area contributed by atoms with E-state index in [2.05, 4.69) is 31.6 Å². The molecule has 0 radical (unpaired) electrons. The highest BCUT2D eigenvalue weighted by atomic mass is 19.4. The molecule has 6 rings (SSSR count). The number of rotatable bonds is 22. The maximum atomic E-state index is 14.5. The van der Waals surface area contributed by atoms with Gasteiger partial charge in [0.05, 0.1) is 23.7 Å². The molecule has 0 aliphatic carbocycles. The Morgan fingerprint density at radius 2 is 1.28 bits per heavy atom. The first-order chi connectivity index (χ1) is 39.7. The number of phenols is 1. The van der Waals surface area contributed by atoms with Crippen molar-refractivity contribution in [2.75, 3.05) is 20.1 Å². The van der Waals surface area contributed by atoms with Crippen molar-refractivity contribution in [3.8, 4) is 5.75 Å². The minimum Gasteiger partial charge on any atom is -0.508 e. The van der Waals surface area contributed by atoms with Crippen LogP contribution in [0, 0.1) is 5.92 Å². The van der Waals surface area contributed by atoms with Crippen molar-refractivity contribution in [3.63, 3.8) is 0 Å². The molecule has 10 N–H and O–H groups in total. The lowest BCUT2D eigenvalue weighted by Gasteiger charge is -2.31. The maximum absolute atomic E-state index is 14.5. The summed E-state index contributed by atoms with van der Waals surface area (Å²) in [6, 6.07) is 15.5. The van der Waals surface area contributed by atoms with Gasteiger partial charge >= 0.3 is 24.5 Å². The van der Waals surface area contributed by atoms with Gasteiger partial charge in [-0.05, 0) is 97.2 Å². The number of nitrogens with one attached hydrogen (secondary N) is 6. The minimum absolute atomic E-state index is 0.0180. The summed E-state index contributed by atoms with van der Waals surface area (Å²) in [6.45, 7) is 3.73. The number of para-hydroxylation sites is 1. The van der Waals surface area contributed by atoms with Crippen LogP contribution < -0.4 is 32.3 Å². The number of carboxylic acid groups (broad SMARTS) is 1. The van der Waals surface area contributed by atoms with Gasteiger partial charge in [-0.1, -0.05) is 74.5 Å². The number of aromatic hydroxyl groups is 1. The topological polar surface area (TPSA) is 285 Å². The van der Waals surface area contributed by atoms with Crippen LogP contribution >= 0.6 is 0 Å². The molecule has 0 unspecified atom stereocenters. The largest absolute Gasteiger partial charge is 0.508 e. The summed E-state index contributed by atoms with van der Waals surface area (Å²) in [5.74, 6) is -8.15. The van der Waals surface area contributed by atoms with E-state index in [4.69, 9.17) is 15.6 Å². The van der Waals surface area contributed by atoms with Crippen molar-refractivity contribution in [1.29, 1.82) is 0 Å². The number of fused-ring (bicyclic) bond motifs is 1. The summed E-state index contributed by atoms with van der Waals surface area (Å²) in [5.41, 5.74) is 4.99. The highest BCUT2D eigenvalue weighted by Gasteiger charge is 2.41. The van der Waals surface area contributed by atoms with E-state index in [1.807, 2.05) is 0 Å². The first kappa shape index (κ1) is 67.1. The molecular weight excluding hydrogens is 1140 g/mol. The van der Waals surface area contributed by atoms with E-state index in [-0.39, 0.29) is 56.4 Å². The number of phenolic OH excluding ortho intramolecular Hbond substituents is 1. The number of hydrogen-bond donors (Lipinski definition) is 9. The Labute approximate surface area is 481 Å². The molecular formula is C57H64F9N9O10. The normalized spacial score (nSPS) is 15.3. The number of aliphatic carboxylic acids is 1. The number of hydrogen-bond acceptors (Lipinski definition) is 10. The van der Waals surface area contributed by atoms with Gasteiger partial charge in [0, 0.05) is 50.1 Å². The van der Waals surface area contributed by atoms with Crippen LogP contribution in [0.4, 0.5) is 39.5 Å². The average molecular weight is 1210 g/mol. The molecule has 1 saturated heterocycles. The van der Waals surface area contributed by atoms with Gasteiger partial charge in [0.15, 0.2) is 0 Å². The summed E-state index contributed by atoms with van der Waals surface area (Å²) >= 11 is 0. The molecule has 19 nitrogen and oxygen atoms in total. The molecule has 1 fully saturated rings. The molecule has 28 heteroatoms. The molecule has 85 heavy (non-hydrogen) atoms. The lowest BCUT2D eigenvalue weighted by Crippen LogP contribution is -2.59. The standard InChI is InChI=1S/C55H63F6N9O8.C2HF3O2/c1-31(2)21-43(50(75)68-45(26-36-28-63-42-14-9-8-13-40(36)42)52(77)69(4)30-35-22-37(54(56,57)58)27-38(23-35)55(59,60)61)67-51(76)46-15-10-20-70(46)53(78)44(25-33-11-6-5-7-12-33)66-47(72)29-64-48(73)32(3)65-49(74)41(62)24-34-16-18-39(71)19-17-34;3-2(4,5)1(6)7/h5-9,11-14,16-19,22-23,27-28,31-32,41,43-46,63,71H,10,15,20-21,24-26,29-30,62H2,1-4H3,(H,64,73)(H,65,74)(H,66,72)(H,67,76)(H,68,75);(H,6,7)/t32-,41+,43+,44+,45+,46+;/m1./s1. The van der Waals surface area contributed by atoms with Gasteiger partial charge in [-0.25, -0.2) is 4.79 Å². The first-order valence-electron chi connectivity index (χ1n) is 26.5. The third-order valence-corrected chi connectivity index (χ3v) is 13.4. The molecule has 0 bridgehead atoms. The molecule has 1 aliphatic heterocycles. The van der Waals surface area contributed by atoms with E-state index in [1.165, 1.54) is 31.0 Å². The van der Waals surface area contributed by atoms with Crippen LogP contribution in [0.1, 0.15) is 73.4 Å². The van der Waals surface area contributed by atoms with Crippen LogP contribution in [-0.4, -0.2) is 135 Å². The molecule has 1 aromatic heterocycles. The zero-order valence-corrected chi connectivity index (χ0v) is 46.3. The minimum atomic E-state index is -5.14. The van der Waals surface area contributed by atoms with Gasteiger partial charge in [0.1, 0.15) is 36.0 Å². The fourth-order valence-electron chi connectivity index (χ4n) is 9.18. The SMILES string of the molecule is CC(C)C[C@H](NC(=O)[C@@H]1CCCN1C(=O)[C@H](Cc1ccccc1)NC(=O)CNC(=O)[C@@H](C)NC(=O)[C@@H](N)Cc1ccc(O)cc1)C(=O)N[C@@H](Cc1c[nH]c2ccccc12)C(=O)N(C)Cc1cc(C(F)(F)F)cc(C(F)(F)F)c1.O=C(O)C(F)(F)F. The number of carbonyl (C=O) groups excluding carboxylic acids is 7. The van der Waals surface area contributed by atoms with E-state index >= 15 is 0 Å². The van der Waals surface area contributed by atoms with Crippen LogP contribution in [0.5, 0.6) is 5.75 Å². The molecule has 2 heterocycles. The third-order valence-electron chi connectivity index (χ3n) is 13.4. The summed E-state index contributed by atoms with van der Waals surface area (Å²) in [7, 11) is 1.18. The maximum Gasteiger partial charge on any atom is 0.490 e. The second-order valence-corrected chi connectivity index (χ2v) is 20.7. The summed E-state index contributed by atoms with van der Waals surface area (Å²) < 4.78 is 114. The third kappa shape index (κ3) is 20.0. The number of likely N-dealkylation sites (N-methyl/N-ethyl adjacent to an activating group) is 1. The first-order valence-corrected chi connectivity index (χ1v) is 26.5. The van der Waals surface area contributed by atoms with Crippen LogP contribution in [-0.2, 0) is 76.5 Å². The van der Waals surface area contributed by atoms with Crippen molar-refractivity contribution in [3.05, 3.63) is 137 Å². The molecule has 0 saturated carbocycles. The van der Waals surface area contributed by atoms with E-state index in [1.54, 1.807) is 86.8 Å². The number of H-pyrrole nitrogens is 1. The number of benzene rings is 4. The van der Waals surface area contributed by atoms with Gasteiger partial charge in [-0.2, -0.15) is 39.5 Å². The zero-order valence-electron chi connectivity index (χ0n) is 46.3. The predicted octanol–water partition coefficient (Wildman–Crippen LogP) is 5.67. The van der Waals surface area contributed by atoms with Crippen LogP contribution in [0.2, 0.25) is 0 Å². The monoisotopic (exact) mass is 1210 g/mol. The highest BCUT2D eigenvalue weighted by molar-refractivity contribution is 5.97. The number of carboxylic acids is 1. The Balaban J connectivity index is 0.00000177. The van der Waals surface area contributed by atoms with E-state index in [0.29, 0.717) is 46.1 Å². The molecule has 6 atom stereocenters. The van der Waals surface area contributed by atoms with Gasteiger partial charge < -0.3 is 57.3 Å². The van der Waals surface area contributed by atoms with Crippen molar-refractivity contribution < 1.29 is 88.1 Å². The van der Waals surface area contributed by atoms with Crippen molar-refractivity contribution in [1.82, 2.24) is 41.4 Å². The fraction of sp³-hybridized carbons (Fsp3) is 0.404. The van der Waals surface area contributed by atoms with Gasteiger partial charge in [-0.15, -0.1) is 0 Å². The predicted molar refractivity (Wildman–Crippen MR) is 289 cm³/mol. The smallest absolute Gasteiger partial charge is 0.490 e. The molecule has 460 valence electrons. The van der Waals surface area contributed by atoms with Gasteiger partial charge in [0.25, 0.3) is 0 Å². The fourth-order valence-corrected chi connectivity index (χ4v) is 9.18. The van der Waals surface area contributed by atoms with E-state index in [0.717, 1.165) is 4.90 Å². The Morgan fingerprint density at radius 3 is 1.87 bits per heavy atom. The number of aromatic nitrogens is 1. The Morgan fingerprint density at radius 1 is 0.694 bits per heavy atom. The lowest BCUT2D eigenvalue weighted by molar-refractivity contribution is -0.192. The second-order valence-electron chi connectivity index (χ2n) is 20.7. The van der Waals surface area contributed by atoms with Crippen molar-refractivity contribution in [2.45, 2.75) is 121 Å². The zero-order chi connectivity index (χ0) is 63.1. The number of halogens is 9. The molecule has 4 aromatic carbocycles. The summed E-state index contributed by atoms with van der Waals surface area (Å²) in [6.07, 6.45) is -13.3. The van der Waals surface area contributed by atoms with Crippen LogP contribution in [0.15, 0.2) is 103 Å². The Hall–Kier alpha value is -8.69. The number of aromatic amines is 1. The van der Waals surface area contributed by atoms with Crippen molar-refractivity contribution in [2.24, 2.45) is 11.7 Å². The number of nitrogens with two attached hydrogens (primary N) is 1. The number of likely N-dealkylation sites (tertiary alicyclic amines) is 1. The Kier molecular flexibility index (Phi) is 23.1. The molecule has 7 amide bonds. The number of alkyl halides is 9. The summed E-state index contributed by atoms with van der Waals surface area (Å²) in [4.78, 5) is 111. The number of carbonyl (C=O) groups is 8. The van der Waals surface area contributed by atoms with Crippen molar-refractivity contribution >= 4 is 58.2 Å². The number of nitrogens with zero attached hydrogens (tertiary/aromatic N) is 2. The van der Waals surface area contributed by atoms with Gasteiger partial charge in [-0.3, -0.25) is 33.6 Å². The van der Waals surface area contributed by atoms with E-state index < -0.39 is 132 Å². The summed E-state index contributed by atoms with van der Waals surface area (Å²) in [5, 5.41) is 30.4. The quantitative estimate of drug-likeness (QED) is 0.0381. The van der Waals surface area contributed by atoms with E-state index in [9.17, 15) is 78.2 Å². The Bertz CT molecular complexity index is 3120. The average Bonchev–Trinajstić information content (AvgIpc) is 3.54. The number of amides is 7. The second kappa shape index (κ2) is 29.2. The van der Waals surface area contributed by atoms with Crippen LogP contribution in [0.3, 0.4) is 0 Å². The molecule has 1 aliphatic rings. The van der Waals surface area contributed by atoms with Crippen LogP contribution in [0.25, 0.3) is 10.9 Å². The molecule has 0 spiro atoms. The van der Waals surface area contributed by atoms with Gasteiger partial charge in [0.2, 0.25) is 41.4 Å².